The standard InChI is InChI=1S/C20H22ClNO5S/c1-25-17-11-15(20(24)27-3)16(12-18(17)26-2)22-19(23)5-4-10-28-14-8-6-13(21)7-9-14/h6-9,11-12H,4-5,10H2,1-3H3,(H,22,23). The lowest BCUT2D eigenvalue weighted by Crippen LogP contribution is -2.15. The first kappa shape index (κ1) is 21.9. The Bertz CT molecular complexity index is 826. The van der Waals surface area contributed by atoms with Crippen LogP contribution in [0.2, 0.25) is 5.02 Å². The molecule has 0 fully saturated rings. The van der Waals surface area contributed by atoms with Gasteiger partial charge < -0.3 is 19.5 Å². The Labute approximate surface area is 173 Å². The third-order valence-electron chi connectivity index (χ3n) is 3.83. The van der Waals surface area contributed by atoms with Gasteiger partial charge in [0.15, 0.2) is 11.5 Å². The van der Waals surface area contributed by atoms with Gasteiger partial charge in [-0.25, -0.2) is 4.79 Å². The maximum absolute atomic E-state index is 12.3. The average Bonchev–Trinajstić information content (AvgIpc) is 2.71. The number of hydrogen-bond acceptors (Lipinski definition) is 6. The van der Waals surface area contributed by atoms with Crippen LogP contribution in [0.5, 0.6) is 11.5 Å². The molecular formula is C20H22ClNO5S. The van der Waals surface area contributed by atoms with Crippen molar-refractivity contribution in [1.82, 2.24) is 0 Å². The normalized spacial score (nSPS) is 10.3. The number of carbonyl (C=O) groups is 2. The molecule has 2 aromatic carbocycles. The van der Waals surface area contributed by atoms with E-state index in [1.54, 1.807) is 17.8 Å². The lowest BCUT2D eigenvalue weighted by molar-refractivity contribution is -0.116. The van der Waals surface area contributed by atoms with Crippen molar-refractivity contribution in [3.63, 3.8) is 0 Å². The Hall–Kier alpha value is -2.38. The van der Waals surface area contributed by atoms with Crippen LogP contribution < -0.4 is 14.8 Å². The van der Waals surface area contributed by atoms with E-state index < -0.39 is 5.97 Å². The second kappa shape index (κ2) is 10.8. The van der Waals surface area contributed by atoms with Gasteiger partial charge in [-0.15, -0.1) is 11.8 Å². The van der Waals surface area contributed by atoms with Gasteiger partial charge in [-0.1, -0.05) is 11.6 Å². The van der Waals surface area contributed by atoms with Crippen molar-refractivity contribution in [3.05, 3.63) is 47.0 Å². The molecule has 0 saturated heterocycles. The zero-order valence-corrected chi connectivity index (χ0v) is 17.5. The number of hydrogen-bond donors (Lipinski definition) is 1. The molecule has 2 aromatic rings. The predicted octanol–water partition coefficient (Wildman–Crippen LogP) is 4.65. The molecule has 1 amide bonds. The fourth-order valence-corrected chi connectivity index (χ4v) is 3.41. The van der Waals surface area contributed by atoms with Gasteiger partial charge in [-0.2, -0.15) is 0 Å². The molecule has 0 spiro atoms. The highest BCUT2D eigenvalue weighted by Gasteiger charge is 2.19. The fourth-order valence-electron chi connectivity index (χ4n) is 2.43. The molecule has 0 atom stereocenters. The van der Waals surface area contributed by atoms with Gasteiger partial charge in [-0.3, -0.25) is 4.79 Å². The minimum Gasteiger partial charge on any atom is -0.493 e. The molecule has 0 aromatic heterocycles. The SMILES string of the molecule is COC(=O)c1cc(OC)c(OC)cc1NC(=O)CCCSc1ccc(Cl)cc1. The molecule has 28 heavy (non-hydrogen) atoms. The summed E-state index contributed by atoms with van der Waals surface area (Å²) >= 11 is 7.52. The molecule has 0 aliphatic carbocycles. The Morgan fingerprint density at radius 3 is 2.29 bits per heavy atom. The van der Waals surface area contributed by atoms with Gasteiger partial charge in [0.1, 0.15) is 0 Å². The maximum Gasteiger partial charge on any atom is 0.340 e. The van der Waals surface area contributed by atoms with E-state index in [9.17, 15) is 9.59 Å². The summed E-state index contributed by atoms with van der Waals surface area (Å²) in [7, 11) is 4.23. The number of benzene rings is 2. The van der Waals surface area contributed by atoms with Crippen LogP contribution in [-0.4, -0.2) is 39.0 Å². The summed E-state index contributed by atoms with van der Waals surface area (Å²) in [6.45, 7) is 0. The lowest BCUT2D eigenvalue weighted by atomic mass is 10.1. The smallest absolute Gasteiger partial charge is 0.340 e. The third kappa shape index (κ3) is 6.07. The molecule has 0 radical (unpaired) electrons. The quantitative estimate of drug-likeness (QED) is 0.359. The molecule has 2 rings (SSSR count). The summed E-state index contributed by atoms with van der Waals surface area (Å²) in [6.07, 6.45) is 0.996. The van der Waals surface area contributed by atoms with E-state index in [4.69, 9.17) is 25.8 Å². The van der Waals surface area contributed by atoms with Gasteiger partial charge >= 0.3 is 5.97 Å². The highest BCUT2D eigenvalue weighted by Crippen LogP contribution is 2.34. The second-order valence-electron chi connectivity index (χ2n) is 5.70. The Morgan fingerprint density at radius 2 is 1.68 bits per heavy atom. The van der Waals surface area contributed by atoms with E-state index in [0.717, 1.165) is 10.6 Å². The van der Waals surface area contributed by atoms with Crippen LogP contribution >= 0.6 is 23.4 Å². The Morgan fingerprint density at radius 1 is 1.04 bits per heavy atom. The van der Waals surface area contributed by atoms with Crippen LogP contribution in [0.3, 0.4) is 0 Å². The van der Waals surface area contributed by atoms with Crippen molar-refractivity contribution < 1.29 is 23.8 Å². The molecule has 0 aliphatic rings. The number of nitrogens with one attached hydrogen (secondary N) is 1. The number of methoxy groups -OCH3 is 3. The van der Waals surface area contributed by atoms with E-state index in [1.807, 2.05) is 24.3 Å². The first-order chi connectivity index (χ1) is 13.5. The summed E-state index contributed by atoms with van der Waals surface area (Å²) in [6, 6.07) is 10.6. The van der Waals surface area contributed by atoms with Crippen molar-refractivity contribution in [2.24, 2.45) is 0 Å². The third-order valence-corrected chi connectivity index (χ3v) is 5.18. The Balaban J connectivity index is 1.97. The fraction of sp³-hybridized carbons (Fsp3) is 0.300. The van der Waals surface area contributed by atoms with Crippen molar-refractivity contribution in [2.45, 2.75) is 17.7 Å². The molecule has 6 nitrogen and oxygen atoms in total. The number of rotatable bonds is 9. The number of anilines is 1. The zero-order chi connectivity index (χ0) is 20.5. The lowest BCUT2D eigenvalue weighted by Gasteiger charge is -2.14. The summed E-state index contributed by atoms with van der Waals surface area (Å²) in [5, 5.41) is 3.45. The summed E-state index contributed by atoms with van der Waals surface area (Å²) in [5.41, 5.74) is 0.517. The first-order valence-corrected chi connectivity index (χ1v) is 9.87. The largest absolute Gasteiger partial charge is 0.493 e. The van der Waals surface area contributed by atoms with Crippen molar-refractivity contribution in [2.75, 3.05) is 32.4 Å². The highest BCUT2D eigenvalue weighted by molar-refractivity contribution is 7.99. The number of carbonyl (C=O) groups excluding carboxylic acids is 2. The van der Waals surface area contributed by atoms with Crippen LogP contribution in [0.15, 0.2) is 41.3 Å². The molecule has 0 bridgehead atoms. The minimum atomic E-state index is -0.574. The van der Waals surface area contributed by atoms with Crippen LogP contribution in [-0.2, 0) is 9.53 Å². The van der Waals surface area contributed by atoms with Crippen LogP contribution in [0, 0.1) is 0 Å². The second-order valence-corrected chi connectivity index (χ2v) is 7.30. The van der Waals surface area contributed by atoms with E-state index >= 15 is 0 Å². The molecule has 1 N–H and O–H groups in total. The summed E-state index contributed by atoms with van der Waals surface area (Å²) in [4.78, 5) is 25.5. The van der Waals surface area contributed by atoms with Crippen molar-refractivity contribution in [1.29, 1.82) is 0 Å². The molecule has 0 heterocycles. The molecule has 0 unspecified atom stereocenters. The average molecular weight is 424 g/mol. The van der Waals surface area contributed by atoms with Gasteiger partial charge in [-0.05, 0) is 36.4 Å². The first-order valence-electron chi connectivity index (χ1n) is 8.51. The maximum atomic E-state index is 12.3. The molecular weight excluding hydrogens is 402 g/mol. The van der Waals surface area contributed by atoms with Crippen LogP contribution in [0.25, 0.3) is 0 Å². The van der Waals surface area contributed by atoms with E-state index in [1.165, 1.54) is 27.4 Å². The predicted molar refractivity (Wildman–Crippen MR) is 111 cm³/mol. The molecule has 0 aliphatic heterocycles. The zero-order valence-electron chi connectivity index (χ0n) is 15.9. The monoisotopic (exact) mass is 423 g/mol. The van der Waals surface area contributed by atoms with Crippen molar-refractivity contribution in [3.8, 4) is 11.5 Å². The highest BCUT2D eigenvalue weighted by atomic mass is 35.5. The number of thioether (sulfide) groups is 1. The molecule has 8 heteroatoms. The summed E-state index contributed by atoms with van der Waals surface area (Å²) < 4.78 is 15.2. The van der Waals surface area contributed by atoms with E-state index in [2.05, 4.69) is 5.32 Å². The van der Waals surface area contributed by atoms with Crippen LogP contribution in [0.4, 0.5) is 5.69 Å². The number of amides is 1. The number of esters is 1. The number of halogens is 1. The van der Waals surface area contributed by atoms with Gasteiger partial charge in [0.25, 0.3) is 0 Å². The van der Waals surface area contributed by atoms with E-state index in [0.29, 0.717) is 35.1 Å². The van der Waals surface area contributed by atoms with Gasteiger partial charge in [0.2, 0.25) is 5.91 Å². The van der Waals surface area contributed by atoms with Crippen LogP contribution in [0.1, 0.15) is 23.2 Å². The number of ether oxygens (including phenoxy) is 3. The minimum absolute atomic E-state index is 0.198. The summed E-state index contributed by atoms with van der Waals surface area (Å²) in [5.74, 6) is 0.790. The molecule has 150 valence electrons. The van der Waals surface area contributed by atoms with Crippen molar-refractivity contribution >= 4 is 40.9 Å². The topological polar surface area (TPSA) is 73.9 Å². The van der Waals surface area contributed by atoms with E-state index in [-0.39, 0.29) is 11.5 Å². The van der Waals surface area contributed by atoms with Gasteiger partial charge in [0, 0.05) is 28.5 Å². The molecule has 0 saturated carbocycles. The Kier molecular flexibility index (Phi) is 8.47. The van der Waals surface area contributed by atoms with Gasteiger partial charge in [0.05, 0.1) is 32.6 Å².